The Bertz CT molecular complexity index is 1270. The average molecular weight is 568 g/mol. The molecule has 2 aromatic heterocycles. The van der Waals surface area contributed by atoms with Crippen LogP contribution in [0.15, 0.2) is 0 Å². The number of carbonyl (C=O) groups excluding carboxylic acids is 3. The van der Waals surface area contributed by atoms with E-state index in [4.69, 9.17) is 32.7 Å². The molecule has 1 aliphatic carbocycles. The summed E-state index contributed by atoms with van der Waals surface area (Å²) in [6.07, 6.45) is 1.65. The van der Waals surface area contributed by atoms with Crippen LogP contribution in [0.2, 0.25) is 10.0 Å². The molecular weight excluding hydrogens is 541 g/mol. The van der Waals surface area contributed by atoms with E-state index in [-0.39, 0.29) is 46.4 Å². The number of hydrogen-bond donors (Lipinski definition) is 2. The summed E-state index contributed by atoms with van der Waals surface area (Å²) in [5.74, 6) is -1.45. The van der Waals surface area contributed by atoms with Crippen LogP contribution in [0.25, 0.3) is 0 Å². The molecule has 2 fully saturated rings. The summed E-state index contributed by atoms with van der Waals surface area (Å²) in [4.78, 5) is 47.9. The van der Waals surface area contributed by atoms with Gasteiger partial charge in [-0.3, -0.25) is 9.59 Å². The average Bonchev–Trinajstić information content (AvgIpc) is 3.42. The standard InChI is InChI=1S/C24H27Cl2N5O5S/c1-4-36-22(34)20-19(21(33)30-24(11-27)6-7-24)29-23(37-20)31-8-5-13(15(10-31)35-3)9-14(32)18-17(26)16(25)12(2)28-18/h13,15,28H,4-10H2,1-3H3,(H,30,33)/t13-,15-/m0/s1. The fourth-order valence-corrected chi connectivity index (χ4v) is 5.77. The monoisotopic (exact) mass is 567 g/mol. The minimum Gasteiger partial charge on any atom is -0.462 e. The number of nitrogens with zero attached hydrogens (tertiary/aromatic N) is 3. The van der Waals surface area contributed by atoms with Crippen LogP contribution in [-0.2, 0) is 9.47 Å². The molecule has 1 amide bonds. The first-order valence-corrected chi connectivity index (χ1v) is 13.5. The van der Waals surface area contributed by atoms with Crippen LogP contribution in [0.5, 0.6) is 0 Å². The molecular formula is C24H27Cl2N5O5S. The van der Waals surface area contributed by atoms with Gasteiger partial charge in [0.25, 0.3) is 5.91 Å². The van der Waals surface area contributed by atoms with Crippen LogP contribution < -0.4 is 10.2 Å². The van der Waals surface area contributed by atoms with Crippen LogP contribution in [0.3, 0.4) is 0 Å². The van der Waals surface area contributed by atoms with Gasteiger partial charge in [0.1, 0.15) is 16.1 Å². The van der Waals surface area contributed by atoms with Crippen LogP contribution in [0, 0.1) is 24.2 Å². The van der Waals surface area contributed by atoms with Gasteiger partial charge in [-0.2, -0.15) is 5.26 Å². The zero-order valence-corrected chi connectivity index (χ0v) is 23.0. The molecule has 2 aliphatic rings. The Labute approximate surface area is 228 Å². The Hall–Kier alpha value is -2.65. The Morgan fingerprint density at radius 2 is 2.05 bits per heavy atom. The summed E-state index contributed by atoms with van der Waals surface area (Å²) in [6, 6.07) is 2.11. The first-order valence-electron chi connectivity index (χ1n) is 11.9. The molecule has 1 aliphatic heterocycles. The van der Waals surface area contributed by atoms with Gasteiger partial charge >= 0.3 is 5.97 Å². The van der Waals surface area contributed by atoms with Crippen molar-refractivity contribution in [3.05, 3.63) is 32.0 Å². The van der Waals surface area contributed by atoms with E-state index in [1.807, 2.05) is 4.90 Å². The Kier molecular flexibility index (Phi) is 8.14. The Morgan fingerprint density at radius 1 is 1.32 bits per heavy atom. The molecule has 0 bridgehead atoms. The molecule has 0 unspecified atom stereocenters. The van der Waals surface area contributed by atoms with Crippen LogP contribution >= 0.6 is 34.5 Å². The molecule has 198 valence electrons. The molecule has 13 heteroatoms. The molecule has 1 saturated heterocycles. The third-order valence-corrected chi connectivity index (χ3v) is 8.70. The lowest BCUT2D eigenvalue weighted by Crippen LogP contribution is -2.45. The van der Waals surface area contributed by atoms with Crippen molar-refractivity contribution in [2.75, 3.05) is 31.7 Å². The van der Waals surface area contributed by atoms with E-state index < -0.39 is 17.4 Å². The molecule has 2 aromatic rings. The van der Waals surface area contributed by atoms with Crippen LogP contribution in [0.4, 0.5) is 5.13 Å². The van der Waals surface area contributed by atoms with E-state index in [1.165, 1.54) is 0 Å². The molecule has 37 heavy (non-hydrogen) atoms. The van der Waals surface area contributed by atoms with Crippen molar-refractivity contribution >= 4 is 57.3 Å². The summed E-state index contributed by atoms with van der Waals surface area (Å²) in [6.45, 7) is 4.52. The van der Waals surface area contributed by atoms with E-state index in [9.17, 15) is 19.6 Å². The van der Waals surface area contributed by atoms with Gasteiger partial charge in [-0.05, 0) is 39.0 Å². The van der Waals surface area contributed by atoms with Crippen molar-refractivity contribution in [2.24, 2.45) is 5.92 Å². The molecule has 3 heterocycles. The van der Waals surface area contributed by atoms with Gasteiger partial charge < -0.3 is 24.7 Å². The number of aromatic nitrogens is 2. The molecule has 10 nitrogen and oxygen atoms in total. The summed E-state index contributed by atoms with van der Waals surface area (Å²) in [7, 11) is 1.58. The zero-order valence-electron chi connectivity index (χ0n) is 20.7. The third kappa shape index (κ3) is 5.62. The Morgan fingerprint density at radius 3 is 2.62 bits per heavy atom. The maximum Gasteiger partial charge on any atom is 0.350 e. The maximum atomic E-state index is 12.9. The van der Waals surface area contributed by atoms with E-state index in [2.05, 4.69) is 21.4 Å². The van der Waals surface area contributed by atoms with Gasteiger partial charge in [0.05, 0.1) is 28.8 Å². The number of carbonyl (C=O) groups is 3. The van der Waals surface area contributed by atoms with Crippen LogP contribution in [-0.4, -0.2) is 66.1 Å². The van der Waals surface area contributed by atoms with Gasteiger partial charge in [0.15, 0.2) is 16.6 Å². The number of aryl methyl sites for hydroxylation is 1. The number of H-pyrrole nitrogens is 1. The molecule has 0 radical (unpaired) electrons. The lowest BCUT2D eigenvalue weighted by atomic mass is 9.88. The second-order valence-electron chi connectivity index (χ2n) is 9.19. The van der Waals surface area contributed by atoms with Gasteiger partial charge in [0, 0.05) is 32.3 Å². The highest BCUT2D eigenvalue weighted by Gasteiger charge is 2.46. The molecule has 2 atom stereocenters. The van der Waals surface area contributed by atoms with Crippen molar-refractivity contribution in [1.29, 1.82) is 5.26 Å². The minimum atomic E-state index is -0.899. The van der Waals surface area contributed by atoms with E-state index in [0.29, 0.717) is 53.9 Å². The van der Waals surface area contributed by atoms with Crippen molar-refractivity contribution in [2.45, 2.75) is 51.2 Å². The summed E-state index contributed by atoms with van der Waals surface area (Å²) in [5, 5.41) is 13.1. The predicted octanol–water partition coefficient (Wildman–Crippen LogP) is 4.16. The number of amides is 1. The van der Waals surface area contributed by atoms with Gasteiger partial charge in [-0.1, -0.05) is 34.5 Å². The molecule has 0 spiro atoms. The Balaban J connectivity index is 1.51. The van der Waals surface area contributed by atoms with Gasteiger partial charge in [-0.25, -0.2) is 9.78 Å². The number of piperidine rings is 1. The minimum absolute atomic E-state index is 0.0557. The highest BCUT2D eigenvalue weighted by Crippen LogP contribution is 2.37. The van der Waals surface area contributed by atoms with Crippen molar-refractivity contribution in [3.8, 4) is 6.07 Å². The topological polar surface area (TPSA) is 137 Å². The van der Waals surface area contributed by atoms with Gasteiger partial charge in [0.2, 0.25) is 0 Å². The smallest absolute Gasteiger partial charge is 0.350 e. The third-order valence-electron chi connectivity index (χ3n) is 6.66. The number of nitriles is 1. The number of aromatic amines is 1. The number of nitrogens with one attached hydrogen (secondary N) is 2. The summed E-state index contributed by atoms with van der Waals surface area (Å²) < 4.78 is 10.9. The lowest BCUT2D eigenvalue weighted by Gasteiger charge is -2.37. The molecule has 2 N–H and O–H groups in total. The molecule has 1 saturated carbocycles. The number of esters is 1. The molecule has 4 rings (SSSR count). The lowest BCUT2D eigenvalue weighted by molar-refractivity contribution is 0.0375. The number of methoxy groups -OCH3 is 1. The van der Waals surface area contributed by atoms with Crippen molar-refractivity contribution < 1.29 is 23.9 Å². The first kappa shape index (κ1) is 27.4. The van der Waals surface area contributed by atoms with E-state index in [0.717, 1.165) is 11.3 Å². The number of hydrogen-bond acceptors (Lipinski definition) is 9. The number of rotatable bonds is 9. The number of Topliss-reactive ketones (excluding diaryl/α,β-unsaturated/α-hetero) is 1. The number of thiazole rings is 1. The molecule has 0 aromatic carbocycles. The van der Waals surface area contributed by atoms with Crippen LogP contribution in [0.1, 0.15) is 68.9 Å². The van der Waals surface area contributed by atoms with Crippen molar-refractivity contribution in [1.82, 2.24) is 15.3 Å². The predicted molar refractivity (Wildman–Crippen MR) is 139 cm³/mol. The number of halogens is 2. The van der Waals surface area contributed by atoms with Crippen molar-refractivity contribution in [3.63, 3.8) is 0 Å². The van der Waals surface area contributed by atoms with E-state index in [1.54, 1.807) is 21.0 Å². The quantitative estimate of drug-likeness (QED) is 0.340. The SMILES string of the molecule is CCOC(=O)c1sc(N2CC[C@@H](CC(=O)c3[nH]c(C)c(Cl)c3Cl)[C@@H](OC)C2)nc1C(=O)NC1(C#N)CC1. The first-order chi connectivity index (χ1) is 17.6. The maximum absolute atomic E-state index is 12.9. The number of ketones is 1. The highest BCUT2D eigenvalue weighted by molar-refractivity contribution is 7.17. The van der Waals surface area contributed by atoms with Gasteiger partial charge in [-0.15, -0.1) is 0 Å². The largest absolute Gasteiger partial charge is 0.462 e. The van der Waals surface area contributed by atoms with E-state index >= 15 is 0 Å². The second kappa shape index (κ2) is 11.0. The summed E-state index contributed by atoms with van der Waals surface area (Å²) in [5.41, 5.74) is -0.0258. The number of ether oxygens (including phenoxy) is 2. The second-order valence-corrected chi connectivity index (χ2v) is 10.9. The highest BCUT2D eigenvalue weighted by atomic mass is 35.5. The summed E-state index contributed by atoms with van der Waals surface area (Å²) >= 11 is 13.4. The fraction of sp³-hybridized carbons (Fsp3) is 0.542. The normalized spacial score (nSPS) is 20.3. The number of anilines is 1. The zero-order chi connectivity index (χ0) is 26.9. The fourth-order valence-electron chi connectivity index (χ4n) is 4.34.